The summed E-state index contributed by atoms with van der Waals surface area (Å²) in [6.07, 6.45) is 3.00. The Morgan fingerprint density at radius 2 is 1.95 bits per heavy atom. The number of carbonyl (C=O) groups excluding carboxylic acids is 1. The molecule has 118 valence electrons. The number of likely N-dealkylation sites (tertiary alicyclic amines) is 1. The van der Waals surface area contributed by atoms with Crippen LogP contribution in [0.4, 0.5) is 10.7 Å². The lowest BCUT2D eigenvalue weighted by atomic mass is 10.1. The minimum Gasteiger partial charge on any atom is -0.396 e. The van der Waals surface area contributed by atoms with Crippen LogP contribution in [0.5, 0.6) is 0 Å². The number of piperidine rings is 1. The molecule has 3 N–H and O–H groups in total. The molecule has 1 aliphatic rings. The topological polar surface area (TPSA) is 92.5 Å². The predicted octanol–water partition coefficient (Wildman–Crippen LogP) is 1.44. The Kier molecular flexibility index (Phi) is 4.60. The second kappa shape index (κ2) is 5.94. The average Bonchev–Trinajstić information content (AvgIpc) is 2.69. The molecule has 6 nitrogen and oxygen atoms in total. The number of ketones is 1. The van der Waals surface area contributed by atoms with E-state index >= 15 is 0 Å². The van der Waals surface area contributed by atoms with Gasteiger partial charge in [-0.3, -0.25) is 4.79 Å². The maximum atomic E-state index is 12.0. The number of Topliss-reactive ketones (excluding diaryl/α,β-unsaturated/α-hetero) is 1. The standard InChI is InChI=1S/C13H21N3O3S2/c1-8(17)11-10(14)12(21(3,18)19)13(20-11)15-9-4-6-16(2)7-5-9/h9,15H,4-7,14H2,1-3H3. The molecular formula is C13H21N3O3S2. The highest BCUT2D eigenvalue weighted by Crippen LogP contribution is 2.40. The van der Waals surface area contributed by atoms with Crippen LogP contribution in [0.1, 0.15) is 29.4 Å². The number of nitrogens with two attached hydrogens (primary N) is 1. The van der Waals surface area contributed by atoms with Gasteiger partial charge in [0.05, 0.1) is 10.6 Å². The Labute approximate surface area is 129 Å². The highest BCUT2D eigenvalue weighted by molar-refractivity contribution is 7.91. The van der Waals surface area contributed by atoms with Gasteiger partial charge in [0.1, 0.15) is 9.90 Å². The number of nitrogen functional groups attached to an aromatic ring is 1. The first-order chi connectivity index (χ1) is 9.70. The number of nitrogens with zero attached hydrogens (tertiary/aromatic N) is 1. The molecule has 1 aromatic heterocycles. The molecule has 0 aromatic carbocycles. The first-order valence-corrected chi connectivity index (χ1v) is 9.49. The van der Waals surface area contributed by atoms with E-state index in [0.717, 1.165) is 43.5 Å². The summed E-state index contributed by atoms with van der Waals surface area (Å²) >= 11 is 1.14. The molecule has 1 aromatic rings. The lowest BCUT2D eigenvalue weighted by Gasteiger charge is -2.29. The van der Waals surface area contributed by atoms with E-state index in [-0.39, 0.29) is 22.4 Å². The maximum absolute atomic E-state index is 12.0. The Bertz CT molecular complexity index is 644. The second-order valence-corrected chi connectivity index (χ2v) is 8.53. The third-order valence-electron chi connectivity index (χ3n) is 3.64. The monoisotopic (exact) mass is 331 g/mol. The zero-order chi connectivity index (χ0) is 15.8. The normalized spacial score (nSPS) is 17.9. The molecule has 0 radical (unpaired) electrons. The molecule has 0 atom stereocenters. The first kappa shape index (κ1) is 16.3. The molecule has 2 heterocycles. The molecule has 0 aliphatic carbocycles. The van der Waals surface area contributed by atoms with Crippen molar-refractivity contribution in [2.45, 2.75) is 30.7 Å². The van der Waals surface area contributed by atoms with Crippen molar-refractivity contribution in [2.24, 2.45) is 0 Å². The zero-order valence-electron chi connectivity index (χ0n) is 12.5. The Hall–Kier alpha value is -1.12. The van der Waals surface area contributed by atoms with Crippen LogP contribution in [-0.4, -0.2) is 51.5 Å². The molecule has 0 saturated carbocycles. The van der Waals surface area contributed by atoms with E-state index in [1.54, 1.807) is 0 Å². The number of anilines is 2. The number of hydrogen-bond donors (Lipinski definition) is 2. The van der Waals surface area contributed by atoms with Crippen molar-refractivity contribution in [1.82, 2.24) is 4.90 Å². The Morgan fingerprint density at radius 1 is 1.38 bits per heavy atom. The van der Waals surface area contributed by atoms with Crippen molar-refractivity contribution in [3.8, 4) is 0 Å². The molecule has 21 heavy (non-hydrogen) atoms. The SMILES string of the molecule is CC(=O)c1sc(NC2CCN(C)CC2)c(S(C)(=O)=O)c1N. The van der Waals surface area contributed by atoms with Crippen molar-refractivity contribution in [3.05, 3.63) is 4.88 Å². The van der Waals surface area contributed by atoms with Gasteiger partial charge in [0.2, 0.25) is 0 Å². The fraction of sp³-hybridized carbons (Fsp3) is 0.615. The summed E-state index contributed by atoms with van der Waals surface area (Å²) in [5, 5.41) is 3.77. The number of hydrogen-bond acceptors (Lipinski definition) is 7. The molecule has 0 unspecified atom stereocenters. The van der Waals surface area contributed by atoms with Gasteiger partial charge in [0, 0.05) is 19.2 Å². The largest absolute Gasteiger partial charge is 0.396 e. The van der Waals surface area contributed by atoms with Crippen LogP contribution in [0.2, 0.25) is 0 Å². The van der Waals surface area contributed by atoms with Crippen molar-refractivity contribution >= 4 is 37.6 Å². The van der Waals surface area contributed by atoms with E-state index in [1.807, 2.05) is 0 Å². The van der Waals surface area contributed by atoms with Crippen molar-refractivity contribution in [1.29, 1.82) is 0 Å². The molecule has 2 rings (SSSR count). The van der Waals surface area contributed by atoms with E-state index < -0.39 is 9.84 Å². The number of sulfone groups is 1. The van der Waals surface area contributed by atoms with E-state index in [1.165, 1.54) is 6.92 Å². The van der Waals surface area contributed by atoms with Gasteiger partial charge in [-0.05, 0) is 33.0 Å². The third kappa shape index (κ3) is 3.56. The molecule has 0 bridgehead atoms. The van der Waals surface area contributed by atoms with Crippen LogP contribution in [0.25, 0.3) is 0 Å². The van der Waals surface area contributed by atoms with Crippen LogP contribution in [0.3, 0.4) is 0 Å². The quantitative estimate of drug-likeness (QED) is 0.811. The Morgan fingerprint density at radius 3 is 2.43 bits per heavy atom. The summed E-state index contributed by atoms with van der Waals surface area (Å²) in [6, 6.07) is 0.208. The summed E-state index contributed by atoms with van der Waals surface area (Å²) in [4.78, 5) is 14.2. The number of nitrogens with one attached hydrogen (secondary N) is 1. The van der Waals surface area contributed by atoms with Gasteiger partial charge in [-0.25, -0.2) is 8.42 Å². The van der Waals surface area contributed by atoms with Gasteiger partial charge in [0.25, 0.3) is 0 Å². The average molecular weight is 331 g/mol. The minimum absolute atomic E-state index is 0.0663. The highest BCUT2D eigenvalue weighted by Gasteiger charge is 2.27. The summed E-state index contributed by atoms with van der Waals surface area (Å²) in [5.74, 6) is -0.209. The van der Waals surface area contributed by atoms with Crippen LogP contribution >= 0.6 is 11.3 Å². The molecule has 8 heteroatoms. The molecule has 0 amide bonds. The number of thiophene rings is 1. The van der Waals surface area contributed by atoms with Crippen LogP contribution in [0.15, 0.2) is 4.90 Å². The van der Waals surface area contributed by atoms with Gasteiger partial charge in [-0.1, -0.05) is 0 Å². The summed E-state index contributed by atoms with van der Waals surface area (Å²) < 4.78 is 23.9. The van der Waals surface area contributed by atoms with E-state index in [4.69, 9.17) is 5.73 Å². The predicted molar refractivity (Wildman–Crippen MR) is 86.0 cm³/mol. The second-order valence-electron chi connectivity index (χ2n) is 5.55. The molecule has 0 spiro atoms. The molecular weight excluding hydrogens is 310 g/mol. The summed E-state index contributed by atoms with van der Waals surface area (Å²) in [5.41, 5.74) is 5.96. The van der Waals surface area contributed by atoms with E-state index in [0.29, 0.717) is 9.88 Å². The highest BCUT2D eigenvalue weighted by atomic mass is 32.2. The molecule has 1 fully saturated rings. The third-order valence-corrected chi connectivity index (χ3v) is 6.18. The van der Waals surface area contributed by atoms with Gasteiger partial charge < -0.3 is 16.0 Å². The lowest BCUT2D eigenvalue weighted by Crippen LogP contribution is -2.36. The molecule has 1 aliphatic heterocycles. The van der Waals surface area contributed by atoms with Gasteiger partial charge in [-0.15, -0.1) is 11.3 Å². The number of rotatable bonds is 4. The number of carbonyl (C=O) groups is 1. The van der Waals surface area contributed by atoms with Gasteiger partial charge in [0.15, 0.2) is 15.6 Å². The van der Waals surface area contributed by atoms with Gasteiger partial charge in [-0.2, -0.15) is 0 Å². The fourth-order valence-corrected chi connectivity index (χ4v) is 5.02. The van der Waals surface area contributed by atoms with Gasteiger partial charge >= 0.3 is 0 Å². The van der Waals surface area contributed by atoms with Crippen LogP contribution in [0, 0.1) is 0 Å². The smallest absolute Gasteiger partial charge is 0.180 e. The first-order valence-electron chi connectivity index (χ1n) is 6.78. The maximum Gasteiger partial charge on any atom is 0.180 e. The van der Waals surface area contributed by atoms with Crippen LogP contribution < -0.4 is 11.1 Å². The lowest BCUT2D eigenvalue weighted by molar-refractivity contribution is 0.102. The van der Waals surface area contributed by atoms with E-state index in [2.05, 4.69) is 17.3 Å². The van der Waals surface area contributed by atoms with Crippen LogP contribution in [-0.2, 0) is 9.84 Å². The minimum atomic E-state index is -3.48. The summed E-state index contributed by atoms with van der Waals surface area (Å²) in [6.45, 7) is 3.33. The Balaban J connectivity index is 2.34. The van der Waals surface area contributed by atoms with Crippen molar-refractivity contribution < 1.29 is 13.2 Å². The fourth-order valence-electron chi connectivity index (χ4n) is 2.49. The van der Waals surface area contributed by atoms with Crippen molar-refractivity contribution in [3.63, 3.8) is 0 Å². The van der Waals surface area contributed by atoms with E-state index in [9.17, 15) is 13.2 Å². The zero-order valence-corrected chi connectivity index (χ0v) is 14.1. The van der Waals surface area contributed by atoms with Crippen molar-refractivity contribution in [2.75, 3.05) is 37.4 Å². The molecule has 1 saturated heterocycles. The summed E-state index contributed by atoms with van der Waals surface area (Å²) in [7, 11) is -1.41.